The first-order chi connectivity index (χ1) is 8.91. The SMILES string of the molecule is CN(C)c1nc(N)c(C(=O)N2CCCC2C(N)=O)s1. The molecule has 19 heavy (non-hydrogen) atoms. The summed E-state index contributed by atoms with van der Waals surface area (Å²) in [5.74, 6) is -0.528. The molecule has 1 saturated heterocycles. The Morgan fingerprint density at radius 3 is 2.68 bits per heavy atom. The Balaban J connectivity index is 2.26. The van der Waals surface area contributed by atoms with Gasteiger partial charge in [0.15, 0.2) is 5.13 Å². The molecular formula is C11H17N5O2S. The third kappa shape index (κ3) is 2.48. The largest absolute Gasteiger partial charge is 0.382 e. The Morgan fingerprint density at radius 2 is 2.16 bits per heavy atom. The number of aromatic nitrogens is 1. The lowest BCUT2D eigenvalue weighted by atomic mass is 10.2. The number of rotatable bonds is 3. The maximum atomic E-state index is 12.4. The van der Waals surface area contributed by atoms with Crippen LogP contribution in [-0.4, -0.2) is 48.4 Å². The maximum Gasteiger partial charge on any atom is 0.268 e. The number of thiazole rings is 1. The minimum Gasteiger partial charge on any atom is -0.382 e. The van der Waals surface area contributed by atoms with Crippen molar-refractivity contribution in [2.45, 2.75) is 18.9 Å². The zero-order valence-electron chi connectivity index (χ0n) is 10.9. The summed E-state index contributed by atoms with van der Waals surface area (Å²) in [7, 11) is 3.66. The normalized spacial score (nSPS) is 18.6. The monoisotopic (exact) mass is 283 g/mol. The zero-order chi connectivity index (χ0) is 14.2. The molecule has 2 rings (SSSR count). The van der Waals surface area contributed by atoms with E-state index in [1.165, 1.54) is 16.2 Å². The molecule has 0 aliphatic carbocycles. The van der Waals surface area contributed by atoms with Gasteiger partial charge in [-0.2, -0.15) is 0 Å². The molecule has 1 aromatic rings. The standard InChI is InChI=1S/C11H17N5O2S/c1-15(2)11-14-8(12)7(19-11)10(18)16-5-3-4-6(16)9(13)17/h6H,3-5,12H2,1-2H3,(H2,13,17). The summed E-state index contributed by atoms with van der Waals surface area (Å²) in [6.07, 6.45) is 1.39. The summed E-state index contributed by atoms with van der Waals surface area (Å²) in [6, 6.07) is -0.531. The molecule has 0 aromatic carbocycles. The van der Waals surface area contributed by atoms with E-state index in [9.17, 15) is 9.59 Å². The first-order valence-corrected chi connectivity index (χ1v) is 6.77. The second-order valence-corrected chi connectivity index (χ2v) is 5.64. The number of amides is 2. The fraction of sp³-hybridized carbons (Fsp3) is 0.545. The molecule has 0 spiro atoms. The first kappa shape index (κ1) is 13.6. The maximum absolute atomic E-state index is 12.4. The molecule has 7 nitrogen and oxygen atoms in total. The van der Waals surface area contributed by atoms with E-state index in [0.29, 0.717) is 23.0 Å². The number of anilines is 2. The quantitative estimate of drug-likeness (QED) is 0.804. The number of nitrogen functional groups attached to an aromatic ring is 1. The molecule has 1 fully saturated rings. The van der Waals surface area contributed by atoms with E-state index < -0.39 is 11.9 Å². The van der Waals surface area contributed by atoms with E-state index >= 15 is 0 Å². The van der Waals surface area contributed by atoms with Crippen molar-refractivity contribution >= 4 is 34.1 Å². The average molecular weight is 283 g/mol. The molecule has 0 radical (unpaired) electrons. The van der Waals surface area contributed by atoms with Crippen LogP contribution >= 0.6 is 11.3 Å². The number of nitrogens with two attached hydrogens (primary N) is 2. The molecule has 8 heteroatoms. The summed E-state index contributed by atoms with van der Waals surface area (Å²) in [5, 5.41) is 0.663. The number of carbonyl (C=O) groups excluding carboxylic acids is 2. The summed E-state index contributed by atoms with van der Waals surface area (Å²) < 4.78 is 0. The minimum absolute atomic E-state index is 0.203. The molecule has 1 aliphatic rings. The molecule has 0 bridgehead atoms. The van der Waals surface area contributed by atoms with Crippen molar-refractivity contribution in [3.63, 3.8) is 0 Å². The van der Waals surface area contributed by atoms with Gasteiger partial charge in [0.05, 0.1) is 0 Å². The highest BCUT2D eigenvalue weighted by atomic mass is 32.1. The van der Waals surface area contributed by atoms with Crippen molar-refractivity contribution in [3.8, 4) is 0 Å². The van der Waals surface area contributed by atoms with Crippen LogP contribution in [0.5, 0.6) is 0 Å². The van der Waals surface area contributed by atoms with Gasteiger partial charge < -0.3 is 21.3 Å². The smallest absolute Gasteiger partial charge is 0.268 e. The molecule has 1 unspecified atom stereocenters. The Hall–Kier alpha value is -1.83. The van der Waals surface area contributed by atoms with Crippen molar-refractivity contribution in [2.24, 2.45) is 5.73 Å². The van der Waals surface area contributed by atoms with E-state index in [1.54, 1.807) is 4.90 Å². The highest BCUT2D eigenvalue weighted by Crippen LogP contribution is 2.30. The first-order valence-electron chi connectivity index (χ1n) is 5.95. The fourth-order valence-corrected chi connectivity index (χ4v) is 2.96. The van der Waals surface area contributed by atoms with Gasteiger partial charge in [-0.3, -0.25) is 9.59 Å². The van der Waals surface area contributed by atoms with Crippen molar-refractivity contribution in [1.82, 2.24) is 9.88 Å². The topological polar surface area (TPSA) is 106 Å². The Morgan fingerprint density at radius 1 is 1.47 bits per heavy atom. The Bertz CT molecular complexity index is 513. The lowest BCUT2D eigenvalue weighted by Crippen LogP contribution is -2.43. The number of nitrogens with zero attached hydrogens (tertiary/aromatic N) is 3. The third-order valence-corrected chi connectivity index (χ3v) is 4.29. The van der Waals surface area contributed by atoms with Crippen LogP contribution in [0.3, 0.4) is 0 Å². The fourth-order valence-electron chi connectivity index (χ4n) is 2.10. The van der Waals surface area contributed by atoms with Crippen molar-refractivity contribution in [2.75, 3.05) is 31.3 Å². The van der Waals surface area contributed by atoms with Gasteiger partial charge in [-0.25, -0.2) is 4.98 Å². The van der Waals surface area contributed by atoms with Crippen LogP contribution in [0.4, 0.5) is 10.9 Å². The second kappa shape index (κ2) is 5.04. The Labute approximate surface area is 115 Å². The van der Waals surface area contributed by atoms with E-state index in [1.807, 2.05) is 14.1 Å². The molecular weight excluding hydrogens is 266 g/mol. The Kier molecular flexibility index (Phi) is 3.61. The summed E-state index contributed by atoms with van der Waals surface area (Å²) in [6.45, 7) is 0.529. The van der Waals surface area contributed by atoms with Crippen LogP contribution in [0.25, 0.3) is 0 Å². The van der Waals surface area contributed by atoms with Gasteiger partial charge >= 0.3 is 0 Å². The van der Waals surface area contributed by atoms with E-state index in [2.05, 4.69) is 4.98 Å². The molecule has 2 heterocycles. The van der Waals surface area contributed by atoms with Gasteiger partial charge in [-0.15, -0.1) is 0 Å². The van der Waals surface area contributed by atoms with Crippen LogP contribution in [-0.2, 0) is 4.79 Å². The van der Waals surface area contributed by atoms with Gasteiger partial charge in [0.25, 0.3) is 5.91 Å². The van der Waals surface area contributed by atoms with Crippen LogP contribution in [0, 0.1) is 0 Å². The molecule has 1 aliphatic heterocycles. The van der Waals surface area contributed by atoms with E-state index in [-0.39, 0.29) is 11.7 Å². The highest BCUT2D eigenvalue weighted by molar-refractivity contribution is 7.18. The van der Waals surface area contributed by atoms with Gasteiger partial charge in [-0.05, 0) is 12.8 Å². The van der Waals surface area contributed by atoms with Crippen LogP contribution < -0.4 is 16.4 Å². The lowest BCUT2D eigenvalue weighted by Gasteiger charge is -2.21. The summed E-state index contributed by atoms with van der Waals surface area (Å²) in [5.41, 5.74) is 11.1. The van der Waals surface area contributed by atoms with Gasteiger partial charge in [-0.1, -0.05) is 11.3 Å². The summed E-state index contributed by atoms with van der Waals surface area (Å²) >= 11 is 1.22. The second-order valence-electron chi connectivity index (χ2n) is 4.66. The lowest BCUT2D eigenvalue weighted by molar-refractivity contribution is -0.121. The van der Waals surface area contributed by atoms with Gasteiger partial charge in [0.2, 0.25) is 5.91 Å². The minimum atomic E-state index is -0.531. The molecule has 4 N–H and O–H groups in total. The highest BCUT2D eigenvalue weighted by Gasteiger charge is 2.35. The molecule has 2 amide bonds. The average Bonchev–Trinajstić information content (AvgIpc) is 2.93. The van der Waals surface area contributed by atoms with Crippen LogP contribution in [0.15, 0.2) is 0 Å². The number of carbonyl (C=O) groups is 2. The predicted octanol–water partition coefficient (Wildman–Crippen LogP) is -0.119. The number of hydrogen-bond donors (Lipinski definition) is 2. The van der Waals surface area contributed by atoms with Gasteiger partial charge in [0.1, 0.15) is 16.7 Å². The van der Waals surface area contributed by atoms with E-state index in [0.717, 1.165) is 6.42 Å². The predicted molar refractivity (Wildman–Crippen MR) is 74.1 cm³/mol. The zero-order valence-corrected chi connectivity index (χ0v) is 11.7. The third-order valence-electron chi connectivity index (χ3n) is 3.06. The van der Waals surface area contributed by atoms with Crippen molar-refractivity contribution in [1.29, 1.82) is 0 Å². The molecule has 1 aromatic heterocycles. The van der Waals surface area contributed by atoms with Gasteiger partial charge in [0, 0.05) is 20.6 Å². The number of hydrogen-bond acceptors (Lipinski definition) is 6. The summed E-state index contributed by atoms with van der Waals surface area (Å²) in [4.78, 5) is 31.5. The van der Waals surface area contributed by atoms with Crippen molar-refractivity contribution in [3.05, 3.63) is 4.88 Å². The number of primary amides is 1. The van der Waals surface area contributed by atoms with Crippen LogP contribution in [0.2, 0.25) is 0 Å². The molecule has 1 atom stereocenters. The molecule has 104 valence electrons. The van der Waals surface area contributed by atoms with E-state index in [4.69, 9.17) is 11.5 Å². The number of likely N-dealkylation sites (tertiary alicyclic amines) is 1. The van der Waals surface area contributed by atoms with Crippen molar-refractivity contribution < 1.29 is 9.59 Å². The molecule has 0 saturated carbocycles. The van der Waals surface area contributed by atoms with Crippen LogP contribution in [0.1, 0.15) is 22.5 Å².